The van der Waals surface area contributed by atoms with Gasteiger partial charge < -0.3 is 40.2 Å². The first-order chi connectivity index (χ1) is 60.8. The van der Waals surface area contributed by atoms with Crippen molar-refractivity contribution in [3.8, 4) is 46.5 Å². The highest BCUT2D eigenvalue weighted by Gasteiger charge is 2.45. The number of aryl methyl sites for hydroxylation is 6. The van der Waals surface area contributed by atoms with Crippen molar-refractivity contribution in [2.45, 2.75) is 125 Å². The SMILES string of the molecule is CC(=O)c1ccc([C@H](C)NC(=O)c2c(C(F)(F)F)nn(C)c2Oc2ccc(C(F)(F)F)cc2)cc1.CC(=O)c1ccc([C@H](C)NC(=O)c2c(C(F)(F)F)nn(C)c2Oc2ccc(Cl)cc2)cc1.CC(=O)c1ccc([C@H](C)NC(=O)c2c(C(F)F)nn(C)c2Oc2ccc(C(F)(F)F)cc2)cc1.CC(=O)c1ccc([C@H](C)NC(=O)c2c(C)nn(C)c2Oc2ccc(C)cc2)cc1. The summed E-state index contributed by atoms with van der Waals surface area (Å²) < 4.78 is 212. The van der Waals surface area contributed by atoms with Crippen LogP contribution in [0.5, 0.6) is 46.5 Å². The molecular weight excluding hydrogens is 1750 g/mol. The van der Waals surface area contributed by atoms with Crippen LogP contribution in [0, 0.1) is 13.8 Å². The van der Waals surface area contributed by atoms with Gasteiger partial charge in [-0.15, -0.1) is 0 Å². The van der Waals surface area contributed by atoms with Crippen molar-refractivity contribution in [2.75, 3.05) is 0 Å². The number of amides is 4. The van der Waals surface area contributed by atoms with Crippen LogP contribution in [0.4, 0.5) is 61.5 Å². The Balaban J connectivity index is 0.000000196. The zero-order chi connectivity index (χ0) is 96.1. The number of ether oxygens (including phenoxy) is 4. The van der Waals surface area contributed by atoms with Gasteiger partial charge in [0.2, 0.25) is 23.5 Å². The summed E-state index contributed by atoms with van der Waals surface area (Å²) in [6.07, 6.45) is -22.2. The quantitative estimate of drug-likeness (QED) is 0.0305. The maximum absolute atomic E-state index is 13.6. The van der Waals surface area contributed by atoms with Crippen molar-refractivity contribution < 1.29 is 119 Å². The summed E-state index contributed by atoms with van der Waals surface area (Å²) in [5.41, 5.74) is -1.00. The van der Waals surface area contributed by atoms with Crippen molar-refractivity contribution in [1.82, 2.24) is 60.4 Å². The highest BCUT2D eigenvalue weighted by Crippen LogP contribution is 2.42. The number of rotatable bonds is 25. The predicted molar refractivity (Wildman–Crippen MR) is 448 cm³/mol. The number of carbonyl (C=O) groups is 8. The maximum Gasteiger partial charge on any atom is 0.436 e. The summed E-state index contributed by atoms with van der Waals surface area (Å²) >= 11 is 5.83. The van der Waals surface area contributed by atoms with Crippen LogP contribution in [-0.4, -0.2) is 85.9 Å². The van der Waals surface area contributed by atoms with E-state index >= 15 is 0 Å². The average Bonchev–Trinajstić information content (AvgIpc) is 1.62. The van der Waals surface area contributed by atoms with Gasteiger partial charge in [-0.2, -0.15) is 73.1 Å². The first-order valence-electron chi connectivity index (χ1n) is 39.0. The van der Waals surface area contributed by atoms with Crippen molar-refractivity contribution in [3.05, 3.63) is 305 Å². The number of ketones is 4. The van der Waals surface area contributed by atoms with Crippen LogP contribution in [0.2, 0.25) is 5.02 Å². The summed E-state index contributed by atoms with van der Waals surface area (Å²) in [6.45, 7) is 16.2. The summed E-state index contributed by atoms with van der Waals surface area (Å²) in [6, 6.07) is 44.3. The molecular formula is C91H83ClF14N12O12. The third-order valence-electron chi connectivity index (χ3n) is 19.5. The van der Waals surface area contributed by atoms with Gasteiger partial charge in [0.25, 0.3) is 30.1 Å². The molecule has 4 heterocycles. The topological polar surface area (TPSA) is 293 Å². The van der Waals surface area contributed by atoms with E-state index in [1.165, 1.54) is 85.1 Å². The highest BCUT2D eigenvalue weighted by molar-refractivity contribution is 6.30. The van der Waals surface area contributed by atoms with Gasteiger partial charge in [0, 0.05) is 55.5 Å². The van der Waals surface area contributed by atoms with Crippen molar-refractivity contribution >= 4 is 58.4 Å². The Morgan fingerprint density at radius 1 is 0.323 bits per heavy atom. The molecule has 4 amide bonds. The van der Waals surface area contributed by atoms with Gasteiger partial charge in [-0.3, -0.25) is 38.4 Å². The lowest BCUT2D eigenvalue weighted by molar-refractivity contribution is -0.142. The van der Waals surface area contributed by atoms with Gasteiger partial charge >= 0.3 is 24.7 Å². The van der Waals surface area contributed by atoms with Crippen LogP contribution >= 0.6 is 11.6 Å². The molecule has 130 heavy (non-hydrogen) atoms. The average molecular weight is 1840 g/mol. The number of hydrogen-bond donors (Lipinski definition) is 4. The number of benzene rings is 8. The van der Waals surface area contributed by atoms with Crippen LogP contribution in [0.3, 0.4) is 0 Å². The number of halogens is 15. The number of alkyl halides is 14. The van der Waals surface area contributed by atoms with E-state index in [1.807, 2.05) is 50.2 Å². The van der Waals surface area contributed by atoms with Crippen molar-refractivity contribution in [2.24, 2.45) is 28.2 Å². The van der Waals surface area contributed by atoms with E-state index in [0.29, 0.717) is 83.7 Å². The first-order valence-corrected chi connectivity index (χ1v) is 39.4. The Hall–Kier alpha value is -14.3. The van der Waals surface area contributed by atoms with E-state index in [9.17, 15) is 99.8 Å². The van der Waals surface area contributed by atoms with Gasteiger partial charge in [-0.25, -0.2) is 27.5 Å². The third-order valence-corrected chi connectivity index (χ3v) is 19.8. The molecule has 0 aliphatic heterocycles. The zero-order valence-electron chi connectivity index (χ0n) is 71.5. The second kappa shape index (κ2) is 41.6. The maximum atomic E-state index is 13.6. The van der Waals surface area contributed by atoms with Crippen molar-refractivity contribution in [3.63, 3.8) is 0 Å². The third kappa shape index (κ3) is 25.5. The van der Waals surface area contributed by atoms with E-state index in [0.717, 1.165) is 63.9 Å². The standard InChI is InChI=1S/C23H19F6N3O3.C23H20F5N3O3.C23H25N3O3.C22H19ClF3N3O3/c1-12(14-4-6-15(7-5-14)13(2)33)30-20(34)18-19(23(27,28)29)31-32(3)21(18)35-17-10-8-16(9-11-17)22(24,25)26;1-12(14-4-6-15(7-5-14)13(2)32)29-21(33)18-19(20(24)25)30-31(3)22(18)34-17-10-8-16(9-11-17)23(26,27)28;1-14-6-12-20(13-7-14)29-23-21(16(3)25-26(23)5)22(28)24-15(2)18-8-10-19(11-9-18)17(4)27;1-12(14-4-6-15(7-5-14)13(2)30)27-20(31)18-19(22(24,25)26)28-29(3)21(18)32-17-10-8-16(23)9-11-17/h4-12H,1-3H3,(H,30,34);4-12,20H,1-3H3,(H,29,33);6-13,15H,1-5H3,(H,24,28);4-12H,1-3H3,(H,27,31)/t2*12-;15-;12-/m0000/s1. The molecule has 24 nitrogen and oxygen atoms in total. The molecule has 4 aromatic heterocycles. The molecule has 0 fully saturated rings. The van der Waals surface area contributed by atoms with E-state index in [4.69, 9.17) is 30.5 Å². The number of hydrogen-bond acceptors (Lipinski definition) is 16. The molecule has 0 saturated carbocycles. The van der Waals surface area contributed by atoms with Crippen molar-refractivity contribution in [1.29, 1.82) is 0 Å². The Labute approximate surface area is 738 Å². The lowest BCUT2D eigenvalue weighted by Gasteiger charge is -2.16. The normalized spacial score (nSPS) is 12.4. The smallest absolute Gasteiger partial charge is 0.436 e. The Morgan fingerprint density at radius 3 is 0.831 bits per heavy atom. The minimum absolute atomic E-state index is 0.0112. The van der Waals surface area contributed by atoms with Gasteiger partial charge in [-0.1, -0.05) is 126 Å². The lowest BCUT2D eigenvalue weighted by atomic mass is 10.0. The molecule has 0 spiro atoms. The van der Waals surface area contributed by atoms with Gasteiger partial charge in [-0.05, 0) is 176 Å². The van der Waals surface area contributed by atoms with Crippen LogP contribution < -0.4 is 40.2 Å². The Kier molecular flexibility index (Phi) is 31.8. The van der Waals surface area contributed by atoms with E-state index < -0.39 is 118 Å². The second-order valence-corrected chi connectivity index (χ2v) is 29.8. The molecule has 4 atom stereocenters. The number of carbonyl (C=O) groups excluding carboxylic acids is 8. The van der Waals surface area contributed by atoms with Crippen LogP contribution in [-0.2, 0) is 52.9 Å². The summed E-state index contributed by atoms with van der Waals surface area (Å²) in [5, 5.41) is 25.8. The van der Waals surface area contributed by atoms with Gasteiger partial charge in [0.15, 0.2) is 34.5 Å². The molecule has 0 unspecified atom stereocenters. The minimum atomic E-state index is -5.02. The first kappa shape index (κ1) is 99.4. The number of Topliss-reactive ketones (excluding diaryl/α,β-unsaturated/α-hetero) is 4. The van der Waals surface area contributed by atoms with Crippen LogP contribution in [0.15, 0.2) is 194 Å². The monoisotopic (exact) mass is 1840 g/mol. The van der Waals surface area contributed by atoms with Crippen LogP contribution in [0.1, 0.15) is 231 Å². The minimum Gasteiger partial charge on any atom is -0.438 e. The molecule has 0 radical (unpaired) electrons. The fraction of sp³-hybridized carbons (Fsp3) is 0.253. The fourth-order valence-corrected chi connectivity index (χ4v) is 12.6. The molecule has 12 rings (SSSR count). The van der Waals surface area contributed by atoms with E-state index in [1.54, 1.807) is 105 Å². The molecule has 0 saturated heterocycles. The van der Waals surface area contributed by atoms with E-state index in [-0.39, 0.29) is 64.1 Å². The number of nitrogens with one attached hydrogen (secondary N) is 4. The summed E-state index contributed by atoms with van der Waals surface area (Å²) in [5.74, 6) is -4.18. The Morgan fingerprint density at radius 2 is 0.562 bits per heavy atom. The molecule has 39 heteroatoms. The largest absolute Gasteiger partial charge is 0.438 e. The summed E-state index contributed by atoms with van der Waals surface area (Å²) in [7, 11) is 5.37. The molecule has 12 aromatic rings. The number of nitrogens with zero attached hydrogens (tertiary/aromatic N) is 8. The molecule has 684 valence electrons. The molecule has 0 aliphatic carbocycles. The second-order valence-electron chi connectivity index (χ2n) is 29.4. The fourth-order valence-electron chi connectivity index (χ4n) is 12.5. The molecule has 4 N–H and O–H groups in total. The van der Waals surface area contributed by atoms with Crippen LogP contribution in [0.25, 0.3) is 0 Å². The lowest BCUT2D eigenvalue weighted by Crippen LogP contribution is -2.28. The zero-order valence-corrected chi connectivity index (χ0v) is 72.3. The predicted octanol–water partition coefficient (Wildman–Crippen LogP) is 21.9. The summed E-state index contributed by atoms with van der Waals surface area (Å²) in [4.78, 5) is 97.5. The van der Waals surface area contributed by atoms with E-state index in [2.05, 4.69) is 41.7 Å². The van der Waals surface area contributed by atoms with Gasteiger partial charge in [0.05, 0.1) is 41.0 Å². The Bertz CT molecular complexity index is 6080. The highest BCUT2D eigenvalue weighted by atomic mass is 35.5. The molecule has 0 aliphatic rings. The number of aromatic nitrogens is 8. The van der Waals surface area contributed by atoms with Gasteiger partial charge in [0.1, 0.15) is 50.9 Å². The molecule has 0 bridgehead atoms. The molecule has 8 aromatic carbocycles.